The quantitative estimate of drug-likeness (QED) is 0.383. The van der Waals surface area contributed by atoms with Gasteiger partial charge in [0.15, 0.2) is 5.82 Å². The third kappa shape index (κ3) is 3.34. The summed E-state index contributed by atoms with van der Waals surface area (Å²) in [4.78, 5) is 18.5. The Morgan fingerprint density at radius 3 is 2.74 bits per heavy atom. The van der Waals surface area contributed by atoms with Gasteiger partial charge in [-0.25, -0.2) is 9.37 Å². The molecule has 0 aliphatic carbocycles. The molecule has 3 rings (SSSR count). The maximum absolute atomic E-state index is 12.9. The van der Waals surface area contributed by atoms with Gasteiger partial charge in [0.1, 0.15) is 17.9 Å². The van der Waals surface area contributed by atoms with Crippen molar-refractivity contribution in [1.29, 1.82) is 0 Å². The molecule has 2 aromatic heterocycles. The SMILES string of the molecule is O=C(C=C(O)c1c[nH]cc1Cc1ccc(F)cc1)c1ncn[nH]1. The number of H-pyrrole nitrogens is 2. The second-order valence-corrected chi connectivity index (χ2v) is 4.93. The van der Waals surface area contributed by atoms with Crippen LogP contribution >= 0.6 is 0 Å². The number of rotatable bonds is 5. The lowest BCUT2D eigenvalue weighted by Gasteiger charge is -2.04. The number of carbonyl (C=O) groups excluding carboxylic acids is 1. The summed E-state index contributed by atoms with van der Waals surface area (Å²) in [7, 11) is 0. The summed E-state index contributed by atoms with van der Waals surface area (Å²) < 4.78 is 12.9. The van der Waals surface area contributed by atoms with Crippen LogP contribution in [0.2, 0.25) is 0 Å². The van der Waals surface area contributed by atoms with Crippen LogP contribution in [0.5, 0.6) is 0 Å². The van der Waals surface area contributed by atoms with Crippen molar-refractivity contribution in [3.8, 4) is 0 Å². The zero-order valence-electron chi connectivity index (χ0n) is 12.0. The standard InChI is InChI=1S/C16H13FN4O2/c17-12-3-1-10(2-4-12)5-11-7-18-8-13(11)14(22)6-15(23)16-19-9-20-21-16/h1-4,6-9,18,22H,5H2,(H,19,20,21). The average molecular weight is 312 g/mol. The van der Waals surface area contributed by atoms with Gasteiger partial charge in [0.25, 0.3) is 0 Å². The summed E-state index contributed by atoms with van der Waals surface area (Å²) in [5.41, 5.74) is 2.18. The lowest BCUT2D eigenvalue weighted by Crippen LogP contribution is -2.00. The lowest BCUT2D eigenvalue weighted by atomic mass is 10.0. The number of hydrogen-bond donors (Lipinski definition) is 3. The Balaban J connectivity index is 1.82. The second-order valence-electron chi connectivity index (χ2n) is 4.93. The Labute approximate surface area is 130 Å². The number of hydrogen-bond acceptors (Lipinski definition) is 4. The van der Waals surface area contributed by atoms with Crippen LogP contribution in [-0.2, 0) is 6.42 Å². The first-order valence-electron chi connectivity index (χ1n) is 6.84. The minimum Gasteiger partial charge on any atom is -0.507 e. The first kappa shape index (κ1) is 14.7. The van der Waals surface area contributed by atoms with E-state index in [1.165, 1.54) is 18.5 Å². The van der Waals surface area contributed by atoms with E-state index in [0.29, 0.717) is 12.0 Å². The molecule has 2 heterocycles. The van der Waals surface area contributed by atoms with Gasteiger partial charge in [-0.15, -0.1) is 0 Å². The molecule has 0 atom stereocenters. The topological polar surface area (TPSA) is 94.7 Å². The van der Waals surface area contributed by atoms with Crippen LogP contribution in [0.15, 0.2) is 49.1 Å². The normalized spacial score (nSPS) is 11.6. The van der Waals surface area contributed by atoms with E-state index in [9.17, 15) is 14.3 Å². The highest BCUT2D eigenvalue weighted by atomic mass is 19.1. The number of carbonyl (C=O) groups is 1. The molecular weight excluding hydrogens is 299 g/mol. The fourth-order valence-electron chi connectivity index (χ4n) is 2.20. The summed E-state index contributed by atoms with van der Waals surface area (Å²) in [5, 5.41) is 16.2. The van der Waals surface area contributed by atoms with Gasteiger partial charge >= 0.3 is 0 Å². The van der Waals surface area contributed by atoms with Crippen LogP contribution in [-0.4, -0.2) is 31.1 Å². The Bertz CT molecular complexity index is 835. The molecule has 6 nitrogen and oxygen atoms in total. The maximum Gasteiger partial charge on any atom is 0.226 e. The van der Waals surface area contributed by atoms with Gasteiger partial charge in [-0.2, -0.15) is 5.10 Å². The molecule has 1 aromatic carbocycles. The smallest absolute Gasteiger partial charge is 0.226 e. The van der Waals surface area contributed by atoms with Gasteiger partial charge in [0.2, 0.25) is 5.78 Å². The number of aliphatic hydroxyl groups excluding tert-OH is 1. The highest BCUT2D eigenvalue weighted by Gasteiger charge is 2.13. The van der Waals surface area contributed by atoms with Gasteiger partial charge in [0, 0.05) is 24.0 Å². The van der Waals surface area contributed by atoms with Gasteiger partial charge in [-0.05, 0) is 29.7 Å². The molecule has 0 aliphatic rings. The van der Waals surface area contributed by atoms with Crippen LogP contribution in [0.25, 0.3) is 5.76 Å². The Kier molecular flexibility index (Phi) is 4.01. The number of allylic oxidation sites excluding steroid dienone is 1. The van der Waals surface area contributed by atoms with Crippen LogP contribution in [0.3, 0.4) is 0 Å². The van der Waals surface area contributed by atoms with Gasteiger partial charge in [-0.1, -0.05) is 12.1 Å². The van der Waals surface area contributed by atoms with E-state index >= 15 is 0 Å². The number of halogens is 1. The Morgan fingerprint density at radius 1 is 1.26 bits per heavy atom. The summed E-state index contributed by atoms with van der Waals surface area (Å²) in [5.74, 6) is -0.908. The molecule has 0 bridgehead atoms. The fourth-order valence-corrected chi connectivity index (χ4v) is 2.20. The van der Waals surface area contributed by atoms with Crippen molar-refractivity contribution in [2.75, 3.05) is 0 Å². The molecule has 0 aliphatic heterocycles. The fraction of sp³-hybridized carbons (Fsp3) is 0.0625. The highest BCUT2D eigenvalue weighted by molar-refractivity contribution is 6.05. The number of nitrogens with zero attached hydrogens (tertiary/aromatic N) is 2. The van der Waals surface area contributed by atoms with Crippen LogP contribution in [0, 0.1) is 5.82 Å². The number of benzene rings is 1. The zero-order valence-corrected chi connectivity index (χ0v) is 12.0. The highest BCUT2D eigenvalue weighted by Crippen LogP contribution is 2.20. The Hall–Kier alpha value is -3.22. The number of ketones is 1. The van der Waals surface area contributed by atoms with Crippen molar-refractivity contribution < 1.29 is 14.3 Å². The summed E-state index contributed by atoms with van der Waals surface area (Å²) in [6, 6.07) is 6.11. The van der Waals surface area contributed by atoms with Gasteiger partial charge < -0.3 is 10.1 Å². The van der Waals surface area contributed by atoms with E-state index in [2.05, 4.69) is 20.2 Å². The molecule has 0 fully saturated rings. The van der Waals surface area contributed by atoms with E-state index < -0.39 is 5.78 Å². The second kappa shape index (κ2) is 6.27. The van der Waals surface area contributed by atoms with Crippen molar-refractivity contribution in [2.45, 2.75) is 6.42 Å². The van der Waals surface area contributed by atoms with Gasteiger partial charge in [-0.3, -0.25) is 9.89 Å². The third-order valence-electron chi connectivity index (χ3n) is 3.33. The molecular formula is C16H13FN4O2. The minimum absolute atomic E-state index is 0.0483. The predicted octanol–water partition coefficient (Wildman–Crippen LogP) is 2.64. The molecule has 3 aromatic rings. The molecule has 0 saturated carbocycles. The van der Waals surface area contributed by atoms with Crippen LogP contribution in [0.4, 0.5) is 4.39 Å². The number of aliphatic hydroxyl groups is 1. The van der Waals surface area contributed by atoms with Crippen molar-refractivity contribution in [3.63, 3.8) is 0 Å². The molecule has 116 valence electrons. The molecule has 0 radical (unpaired) electrons. The van der Waals surface area contributed by atoms with Crippen molar-refractivity contribution in [3.05, 3.63) is 77.4 Å². The first-order chi connectivity index (χ1) is 11.1. The van der Waals surface area contributed by atoms with E-state index in [-0.39, 0.29) is 17.4 Å². The van der Waals surface area contributed by atoms with Crippen molar-refractivity contribution in [2.24, 2.45) is 0 Å². The number of aromatic amines is 2. The molecule has 3 N–H and O–H groups in total. The van der Waals surface area contributed by atoms with Crippen molar-refractivity contribution >= 4 is 11.5 Å². The largest absolute Gasteiger partial charge is 0.507 e. The van der Waals surface area contributed by atoms with E-state index in [4.69, 9.17) is 0 Å². The maximum atomic E-state index is 12.9. The third-order valence-corrected chi connectivity index (χ3v) is 3.33. The van der Waals surface area contributed by atoms with Crippen LogP contribution < -0.4 is 0 Å². The molecule has 7 heteroatoms. The van der Waals surface area contributed by atoms with Crippen LogP contribution in [0.1, 0.15) is 27.3 Å². The number of nitrogens with one attached hydrogen (secondary N) is 2. The zero-order chi connectivity index (χ0) is 16.2. The molecule has 0 unspecified atom stereocenters. The average Bonchev–Trinajstić information content (AvgIpc) is 3.20. The lowest BCUT2D eigenvalue weighted by molar-refractivity contribution is 0.103. The first-order valence-corrected chi connectivity index (χ1v) is 6.84. The van der Waals surface area contributed by atoms with Crippen molar-refractivity contribution in [1.82, 2.24) is 20.2 Å². The summed E-state index contributed by atoms with van der Waals surface area (Å²) in [6.45, 7) is 0. The minimum atomic E-state index is -0.478. The van der Waals surface area contributed by atoms with E-state index in [0.717, 1.165) is 17.2 Å². The molecule has 0 spiro atoms. The summed E-state index contributed by atoms with van der Waals surface area (Å²) >= 11 is 0. The molecule has 23 heavy (non-hydrogen) atoms. The Morgan fingerprint density at radius 2 is 2.04 bits per heavy atom. The van der Waals surface area contributed by atoms with E-state index in [1.807, 2.05) is 0 Å². The molecule has 0 saturated heterocycles. The summed E-state index contributed by atoms with van der Waals surface area (Å²) in [6.07, 6.45) is 6.11. The van der Waals surface area contributed by atoms with E-state index in [1.54, 1.807) is 24.5 Å². The van der Waals surface area contributed by atoms with Gasteiger partial charge in [0.05, 0.1) is 0 Å². The number of aromatic nitrogens is 4. The molecule has 0 amide bonds. The predicted molar refractivity (Wildman–Crippen MR) is 81.3 cm³/mol. The monoisotopic (exact) mass is 312 g/mol.